The van der Waals surface area contributed by atoms with Gasteiger partial charge in [-0.3, -0.25) is 4.57 Å². The number of nitrogens with two attached hydrogens (primary N) is 1. The van der Waals surface area contributed by atoms with Gasteiger partial charge in [-0.2, -0.15) is 0 Å². The van der Waals surface area contributed by atoms with Crippen LogP contribution in [0.3, 0.4) is 0 Å². The van der Waals surface area contributed by atoms with Gasteiger partial charge in [0.2, 0.25) is 0 Å². The number of nitrogens with zero attached hydrogens (tertiary/aromatic N) is 4. The number of aromatic nitrogens is 4. The number of hydrogen-bond donors (Lipinski definition) is 1. The minimum atomic E-state index is 0.390. The van der Waals surface area contributed by atoms with Gasteiger partial charge in [-0.15, -0.1) is 0 Å². The van der Waals surface area contributed by atoms with Crippen LogP contribution in [0.4, 0.5) is 5.82 Å². The number of hydrogen-bond acceptors (Lipinski definition) is 4. The molecular formula is C13H11N5. The SMILES string of the molecule is C=Cc1ccc(-n2cnc3c(N)ncnc32)cc1. The summed E-state index contributed by atoms with van der Waals surface area (Å²) in [6.45, 7) is 3.73. The molecule has 0 amide bonds. The van der Waals surface area contributed by atoms with Crippen molar-refractivity contribution in [2.75, 3.05) is 5.73 Å². The van der Waals surface area contributed by atoms with Crippen LogP contribution in [0.5, 0.6) is 0 Å². The zero-order valence-electron chi connectivity index (χ0n) is 9.61. The average Bonchev–Trinajstić information content (AvgIpc) is 2.84. The smallest absolute Gasteiger partial charge is 0.170 e. The fourth-order valence-electron chi connectivity index (χ4n) is 1.81. The molecule has 2 heterocycles. The van der Waals surface area contributed by atoms with Gasteiger partial charge in [0, 0.05) is 5.69 Å². The lowest BCUT2D eigenvalue weighted by Gasteiger charge is -2.03. The van der Waals surface area contributed by atoms with Crippen LogP contribution >= 0.6 is 0 Å². The molecule has 88 valence electrons. The number of imidazole rings is 1. The normalized spacial score (nSPS) is 10.7. The first-order valence-electron chi connectivity index (χ1n) is 5.46. The van der Waals surface area contributed by atoms with Gasteiger partial charge in [0.1, 0.15) is 12.7 Å². The Hall–Kier alpha value is -2.69. The first kappa shape index (κ1) is 10.5. The molecule has 0 bridgehead atoms. The van der Waals surface area contributed by atoms with E-state index in [-0.39, 0.29) is 0 Å². The molecule has 0 spiro atoms. The zero-order valence-corrected chi connectivity index (χ0v) is 9.61. The third kappa shape index (κ3) is 1.53. The summed E-state index contributed by atoms with van der Waals surface area (Å²) in [5.41, 5.74) is 9.11. The van der Waals surface area contributed by atoms with Crippen LogP contribution in [-0.4, -0.2) is 19.5 Å². The molecule has 0 saturated carbocycles. The van der Waals surface area contributed by atoms with Crippen molar-refractivity contribution in [1.82, 2.24) is 19.5 Å². The van der Waals surface area contributed by atoms with Crippen LogP contribution in [0.1, 0.15) is 5.56 Å². The summed E-state index contributed by atoms with van der Waals surface area (Å²) in [6, 6.07) is 7.93. The molecule has 5 heteroatoms. The Balaban J connectivity index is 2.19. The Morgan fingerprint density at radius 1 is 1.11 bits per heavy atom. The van der Waals surface area contributed by atoms with E-state index in [9.17, 15) is 0 Å². The number of anilines is 1. The number of benzene rings is 1. The lowest BCUT2D eigenvalue weighted by Crippen LogP contribution is -1.96. The van der Waals surface area contributed by atoms with E-state index in [0.717, 1.165) is 11.3 Å². The highest BCUT2D eigenvalue weighted by atomic mass is 15.1. The average molecular weight is 237 g/mol. The summed E-state index contributed by atoms with van der Waals surface area (Å²) in [5.74, 6) is 0.390. The second-order valence-corrected chi connectivity index (χ2v) is 3.84. The van der Waals surface area contributed by atoms with Crippen molar-refractivity contribution < 1.29 is 0 Å². The lowest BCUT2D eigenvalue weighted by molar-refractivity contribution is 1.06. The Morgan fingerprint density at radius 3 is 2.61 bits per heavy atom. The van der Waals surface area contributed by atoms with E-state index >= 15 is 0 Å². The van der Waals surface area contributed by atoms with Crippen molar-refractivity contribution in [1.29, 1.82) is 0 Å². The molecule has 0 fully saturated rings. The molecule has 3 rings (SSSR count). The van der Waals surface area contributed by atoms with Crippen molar-refractivity contribution in [3.05, 3.63) is 49.1 Å². The molecule has 0 saturated heterocycles. The third-order valence-electron chi connectivity index (χ3n) is 2.77. The Labute approximate surface area is 104 Å². The van der Waals surface area contributed by atoms with E-state index < -0.39 is 0 Å². The summed E-state index contributed by atoms with van der Waals surface area (Å²) < 4.78 is 1.88. The number of fused-ring (bicyclic) bond motifs is 1. The molecule has 0 aliphatic carbocycles. The van der Waals surface area contributed by atoms with Crippen LogP contribution in [0.15, 0.2) is 43.5 Å². The van der Waals surface area contributed by atoms with Crippen molar-refractivity contribution in [2.24, 2.45) is 0 Å². The van der Waals surface area contributed by atoms with Gasteiger partial charge in [-0.1, -0.05) is 24.8 Å². The maximum absolute atomic E-state index is 5.75. The van der Waals surface area contributed by atoms with E-state index in [1.54, 1.807) is 12.4 Å². The lowest BCUT2D eigenvalue weighted by atomic mass is 10.2. The highest BCUT2D eigenvalue weighted by Crippen LogP contribution is 2.19. The van der Waals surface area contributed by atoms with Gasteiger partial charge in [0.15, 0.2) is 17.0 Å². The third-order valence-corrected chi connectivity index (χ3v) is 2.77. The Morgan fingerprint density at radius 2 is 1.89 bits per heavy atom. The molecule has 2 aromatic heterocycles. The highest BCUT2D eigenvalue weighted by Gasteiger charge is 2.08. The van der Waals surface area contributed by atoms with Gasteiger partial charge >= 0.3 is 0 Å². The molecule has 5 nitrogen and oxygen atoms in total. The maximum atomic E-state index is 5.75. The minimum Gasteiger partial charge on any atom is -0.382 e. The summed E-state index contributed by atoms with van der Waals surface area (Å²) in [6.07, 6.45) is 4.93. The fraction of sp³-hybridized carbons (Fsp3) is 0. The molecule has 0 unspecified atom stereocenters. The molecule has 0 aliphatic rings. The highest BCUT2D eigenvalue weighted by molar-refractivity contribution is 5.82. The van der Waals surface area contributed by atoms with Crippen molar-refractivity contribution in [3.63, 3.8) is 0 Å². The standard InChI is InChI=1S/C13H11N5/c1-2-9-3-5-10(6-4-9)18-8-17-11-12(14)15-7-16-13(11)18/h2-8H,1H2,(H2,14,15,16). The van der Waals surface area contributed by atoms with E-state index in [1.165, 1.54) is 6.33 Å². The van der Waals surface area contributed by atoms with Gasteiger partial charge in [0.25, 0.3) is 0 Å². The van der Waals surface area contributed by atoms with Crippen LogP contribution in [-0.2, 0) is 0 Å². The van der Waals surface area contributed by atoms with Crippen LogP contribution in [0, 0.1) is 0 Å². The summed E-state index contributed by atoms with van der Waals surface area (Å²) >= 11 is 0. The molecule has 0 radical (unpaired) electrons. The van der Waals surface area contributed by atoms with E-state index in [4.69, 9.17) is 5.73 Å². The summed E-state index contributed by atoms with van der Waals surface area (Å²) in [7, 11) is 0. The minimum absolute atomic E-state index is 0.390. The van der Waals surface area contributed by atoms with Gasteiger partial charge < -0.3 is 5.73 Å². The summed E-state index contributed by atoms with van der Waals surface area (Å²) in [4.78, 5) is 12.4. The Bertz CT molecular complexity index is 712. The zero-order chi connectivity index (χ0) is 12.5. The van der Waals surface area contributed by atoms with Crippen LogP contribution in [0.25, 0.3) is 22.9 Å². The largest absolute Gasteiger partial charge is 0.382 e. The van der Waals surface area contributed by atoms with E-state index in [2.05, 4.69) is 21.5 Å². The molecule has 2 N–H and O–H groups in total. The monoisotopic (exact) mass is 237 g/mol. The maximum Gasteiger partial charge on any atom is 0.170 e. The van der Waals surface area contributed by atoms with Crippen molar-refractivity contribution in [2.45, 2.75) is 0 Å². The van der Waals surface area contributed by atoms with Crippen molar-refractivity contribution >= 4 is 23.1 Å². The molecular weight excluding hydrogens is 226 g/mol. The second-order valence-electron chi connectivity index (χ2n) is 3.84. The van der Waals surface area contributed by atoms with E-state index in [1.807, 2.05) is 28.8 Å². The topological polar surface area (TPSA) is 69.6 Å². The predicted octanol–water partition coefficient (Wildman–Crippen LogP) is 2.04. The Kier molecular flexibility index (Phi) is 2.30. The number of nitrogen functional groups attached to an aromatic ring is 1. The van der Waals surface area contributed by atoms with Crippen LogP contribution < -0.4 is 5.73 Å². The molecule has 1 aromatic carbocycles. The van der Waals surface area contributed by atoms with Gasteiger partial charge in [-0.25, -0.2) is 15.0 Å². The molecule has 18 heavy (non-hydrogen) atoms. The predicted molar refractivity (Wildman–Crippen MR) is 71.2 cm³/mol. The van der Waals surface area contributed by atoms with Crippen LogP contribution in [0.2, 0.25) is 0 Å². The molecule has 0 atom stereocenters. The van der Waals surface area contributed by atoms with Gasteiger partial charge in [0.05, 0.1) is 0 Å². The van der Waals surface area contributed by atoms with Crippen molar-refractivity contribution in [3.8, 4) is 5.69 Å². The first-order valence-corrected chi connectivity index (χ1v) is 5.46. The summed E-state index contributed by atoms with van der Waals surface area (Å²) in [5, 5.41) is 0. The second kappa shape index (κ2) is 3.96. The quantitative estimate of drug-likeness (QED) is 0.740. The first-order chi connectivity index (χ1) is 8.79. The molecule has 3 aromatic rings. The number of rotatable bonds is 2. The molecule has 0 aliphatic heterocycles. The van der Waals surface area contributed by atoms with E-state index in [0.29, 0.717) is 17.0 Å². The van der Waals surface area contributed by atoms with Gasteiger partial charge in [-0.05, 0) is 17.7 Å². The fourth-order valence-corrected chi connectivity index (χ4v) is 1.81.